The molecular formula is C35H39F3NO3P. The van der Waals surface area contributed by atoms with Crippen molar-refractivity contribution in [1.82, 2.24) is 5.32 Å². The molecule has 2 unspecified atom stereocenters. The Bertz CT molecular complexity index is 1550. The Hall–Kier alpha value is -3.54. The van der Waals surface area contributed by atoms with E-state index in [0.29, 0.717) is 49.8 Å². The zero-order valence-electron chi connectivity index (χ0n) is 24.9. The molecule has 0 heterocycles. The molecule has 4 nitrogen and oxygen atoms in total. The number of aryl methyl sites for hydroxylation is 2. The second-order valence-electron chi connectivity index (χ2n) is 11.0. The molecular weight excluding hydrogens is 570 g/mol. The second-order valence-corrected chi connectivity index (χ2v) is 13.6. The summed E-state index contributed by atoms with van der Waals surface area (Å²) in [6, 6.07) is 23.7. The summed E-state index contributed by atoms with van der Waals surface area (Å²) < 4.78 is 67.2. The molecule has 43 heavy (non-hydrogen) atoms. The van der Waals surface area contributed by atoms with Crippen LogP contribution in [0.4, 0.5) is 13.2 Å². The highest BCUT2D eigenvalue weighted by atomic mass is 31.2. The molecule has 0 aliphatic carbocycles. The normalized spacial score (nSPS) is 13.3. The molecule has 2 atom stereocenters. The van der Waals surface area contributed by atoms with E-state index in [4.69, 9.17) is 9.26 Å². The van der Waals surface area contributed by atoms with Gasteiger partial charge in [0.1, 0.15) is 17.4 Å². The standard InChI is InChI=1S/C35H39F3NO3P/c1-25-12-14-28(21-26(25)2)31(32-16-15-29(36)23-33(32)37)11-7-19-41-35-17-13-27(22-34(35)38)24-39-18-8-20-43(3,40)42-30-9-5-4-6-10-30/h4-6,9-10,12-17,21-23,31,39H,7-8,11,18-20,24H2,1-3H3. The number of hydrogen-bond acceptors (Lipinski definition) is 4. The van der Waals surface area contributed by atoms with Crippen molar-refractivity contribution >= 4 is 7.37 Å². The Balaban J connectivity index is 1.25. The van der Waals surface area contributed by atoms with Crippen LogP contribution in [-0.4, -0.2) is 26.0 Å². The van der Waals surface area contributed by atoms with Gasteiger partial charge in [-0.25, -0.2) is 13.2 Å². The molecule has 0 aliphatic rings. The fourth-order valence-corrected chi connectivity index (χ4v) is 6.37. The number of para-hydroxylation sites is 1. The Labute approximate surface area is 252 Å². The first kappa shape index (κ1) is 32.4. The molecule has 228 valence electrons. The monoisotopic (exact) mass is 609 g/mol. The summed E-state index contributed by atoms with van der Waals surface area (Å²) in [5.41, 5.74) is 4.38. The minimum atomic E-state index is -2.76. The van der Waals surface area contributed by atoms with Gasteiger partial charge >= 0.3 is 0 Å². The van der Waals surface area contributed by atoms with Crippen molar-refractivity contribution in [1.29, 1.82) is 0 Å². The van der Waals surface area contributed by atoms with Gasteiger partial charge in [-0.2, -0.15) is 0 Å². The minimum absolute atomic E-state index is 0.157. The van der Waals surface area contributed by atoms with Crippen LogP contribution < -0.4 is 14.6 Å². The quantitative estimate of drug-likeness (QED) is 0.108. The predicted molar refractivity (Wildman–Crippen MR) is 167 cm³/mol. The third-order valence-corrected chi connectivity index (χ3v) is 9.18. The highest BCUT2D eigenvalue weighted by Crippen LogP contribution is 2.43. The number of halogens is 3. The molecule has 0 saturated carbocycles. The van der Waals surface area contributed by atoms with Crippen LogP contribution in [0.5, 0.6) is 11.5 Å². The Morgan fingerprint density at radius 1 is 0.837 bits per heavy atom. The van der Waals surface area contributed by atoms with Crippen molar-refractivity contribution in [2.45, 2.75) is 45.6 Å². The first-order valence-electron chi connectivity index (χ1n) is 14.6. The molecule has 1 N–H and O–H groups in total. The number of benzene rings is 4. The third kappa shape index (κ3) is 9.74. The van der Waals surface area contributed by atoms with Gasteiger partial charge in [0.25, 0.3) is 0 Å². The molecule has 0 amide bonds. The lowest BCUT2D eigenvalue weighted by molar-refractivity contribution is 0.289. The number of nitrogens with one attached hydrogen (secondary N) is 1. The largest absolute Gasteiger partial charge is 0.491 e. The zero-order valence-corrected chi connectivity index (χ0v) is 25.8. The fraction of sp³-hybridized carbons (Fsp3) is 0.314. The number of hydrogen-bond donors (Lipinski definition) is 1. The van der Waals surface area contributed by atoms with Gasteiger partial charge in [-0.1, -0.05) is 48.5 Å². The van der Waals surface area contributed by atoms with E-state index >= 15 is 0 Å². The lowest BCUT2D eigenvalue weighted by atomic mass is 9.86. The van der Waals surface area contributed by atoms with Crippen molar-refractivity contribution in [3.8, 4) is 11.5 Å². The van der Waals surface area contributed by atoms with Gasteiger partial charge < -0.3 is 14.6 Å². The Morgan fingerprint density at radius 2 is 1.63 bits per heavy atom. The Kier molecular flexibility index (Phi) is 11.5. The molecule has 0 aliphatic heterocycles. The van der Waals surface area contributed by atoms with Crippen LogP contribution in [0.15, 0.2) is 84.9 Å². The number of rotatable bonds is 15. The average molecular weight is 610 g/mol. The molecule has 0 bridgehead atoms. The summed E-state index contributed by atoms with van der Waals surface area (Å²) in [6.07, 6.45) is 2.20. The summed E-state index contributed by atoms with van der Waals surface area (Å²) >= 11 is 0. The van der Waals surface area contributed by atoms with Gasteiger partial charge in [-0.05, 0) is 97.8 Å². The molecule has 4 aromatic carbocycles. The molecule has 0 saturated heterocycles. The van der Waals surface area contributed by atoms with E-state index in [2.05, 4.69) is 5.32 Å². The van der Waals surface area contributed by atoms with Crippen molar-refractivity contribution in [2.75, 3.05) is 26.0 Å². The maximum absolute atomic E-state index is 14.8. The van der Waals surface area contributed by atoms with Crippen molar-refractivity contribution in [3.63, 3.8) is 0 Å². The van der Waals surface area contributed by atoms with Gasteiger partial charge in [0.15, 0.2) is 11.6 Å². The van der Waals surface area contributed by atoms with Crippen LogP contribution in [-0.2, 0) is 11.1 Å². The summed E-state index contributed by atoms with van der Waals surface area (Å²) in [7, 11) is -2.76. The van der Waals surface area contributed by atoms with Gasteiger partial charge in [-0.3, -0.25) is 4.57 Å². The molecule has 0 fully saturated rings. The minimum Gasteiger partial charge on any atom is -0.491 e. The number of ether oxygens (including phenoxy) is 1. The van der Waals surface area contributed by atoms with Crippen LogP contribution in [0.3, 0.4) is 0 Å². The maximum atomic E-state index is 14.8. The van der Waals surface area contributed by atoms with Crippen LogP contribution in [0.25, 0.3) is 0 Å². The van der Waals surface area contributed by atoms with E-state index in [1.807, 2.05) is 50.2 Å². The smallest absolute Gasteiger partial charge is 0.245 e. The summed E-state index contributed by atoms with van der Waals surface area (Å²) in [4.78, 5) is 0. The summed E-state index contributed by atoms with van der Waals surface area (Å²) in [5.74, 6) is -1.18. The van der Waals surface area contributed by atoms with Gasteiger partial charge in [-0.15, -0.1) is 0 Å². The third-order valence-electron chi connectivity index (χ3n) is 7.45. The van der Waals surface area contributed by atoms with Crippen LogP contribution >= 0.6 is 7.37 Å². The van der Waals surface area contributed by atoms with E-state index in [1.54, 1.807) is 30.9 Å². The maximum Gasteiger partial charge on any atom is 0.245 e. The second kappa shape index (κ2) is 15.3. The molecule has 4 rings (SSSR count). The summed E-state index contributed by atoms with van der Waals surface area (Å²) in [6.45, 7) is 7.00. The van der Waals surface area contributed by atoms with Crippen molar-refractivity contribution in [2.24, 2.45) is 0 Å². The fourth-order valence-electron chi connectivity index (χ4n) is 4.98. The zero-order chi connectivity index (χ0) is 30.8. The average Bonchev–Trinajstić information content (AvgIpc) is 2.96. The van der Waals surface area contributed by atoms with Gasteiger partial charge in [0.2, 0.25) is 7.37 Å². The first-order valence-corrected chi connectivity index (χ1v) is 16.8. The van der Waals surface area contributed by atoms with Gasteiger partial charge in [0.05, 0.1) is 6.61 Å². The lowest BCUT2D eigenvalue weighted by Gasteiger charge is -2.20. The van der Waals surface area contributed by atoms with Gasteiger partial charge in [0, 0.05) is 31.4 Å². The highest BCUT2D eigenvalue weighted by molar-refractivity contribution is 7.58. The van der Waals surface area contributed by atoms with E-state index in [-0.39, 0.29) is 18.3 Å². The van der Waals surface area contributed by atoms with Crippen LogP contribution in [0, 0.1) is 31.3 Å². The summed E-state index contributed by atoms with van der Waals surface area (Å²) in [5, 5.41) is 3.26. The van der Waals surface area contributed by atoms with Crippen molar-refractivity contribution < 1.29 is 27.0 Å². The molecule has 4 aromatic rings. The highest BCUT2D eigenvalue weighted by Gasteiger charge is 2.20. The van der Waals surface area contributed by atoms with Crippen molar-refractivity contribution in [3.05, 3.63) is 130 Å². The van der Waals surface area contributed by atoms with E-state index in [9.17, 15) is 17.7 Å². The predicted octanol–water partition coefficient (Wildman–Crippen LogP) is 9.18. The molecule has 0 aromatic heterocycles. The van der Waals surface area contributed by atoms with Crippen LogP contribution in [0.2, 0.25) is 0 Å². The van der Waals surface area contributed by atoms with E-state index in [0.717, 1.165) is 28.3 Å². The molecule has 8 heteroatoms. The van der Waals surface area contributed by atoms with E-state index in [1.165, 1.54) is 18.2 Å². The topological polar surface area (TPSA) is 47.6 Å². The van der Waals surface area contributed by atoms with Crippen LogP contribution in [0.1, 0.15) is 53.0 Å². The molecule has 0 spiro atoms. The lowest BCUT2D eigenvalue weighted by Crippen LogP contribution is -2.16. The SMILES string of the molecule is Cc1ccc(C(CCCOc2ccc(CNCCCP(C)(=O)Oc3ccccc3)cc2F)c2ccc(F)cc2F)cc1C. The van der Waals surface area contributed by atoms with E-state index < -0.39 is 24.8 Å². The first-order chi connectivity index (χ1) is 20.6. The Morgan fingerprint density at radius 3 is 2.35 bits per heavy atom. The molecule has 0 radical (unpaired) electrons.